The van der Waals surface area contributed by atoms with Crippen LogP contribution in [-0.4, -0.2) is 36.1 Å². The number of aromatic nitrogens is 1. The zero-order valence-electron chi connectivity index (χ0n) is 8.92. The van der Waals surface area contributed by atoms with Gasteiger partial charge in [0.05, 0.1) is 21.7 Å². The Hall–Kier alpha value is -0.460. The van der Waals surface area contributed by atoms with Gasteiger partial charge in [-0.3, -0.25) is 0 Å². The number of hydrogen-bond donors (Lipinski definition) is 1. The van der Waals surface area contributed by atoms with Crippen LogP contribution in [0.3, 0.4) is 0 Å². The molecule has 1 unspecified atom stereocenters. The Bertz CT molecular complexity index is 452. The molecule has 1 saturated heterocycles. The van der Waals surface area contributed by atoms with Gasteiger partial charge in [-0.2, -0.15) is 0 Å². The van der Waals surface area contributed by atoms with Crippen LogP contribution in [0.4, 0.5) is 0 Å². The molecule has 90 valence electrons. The number of aliphatic hydroxyl groups excluding tert-OH is 1. The van der Waals surface area contributed by atoms with E-state index >= 15 is 0 Å². The van der Waals surface area contributed by atoms with Crippen molar-refractivity contribution in [2.75, 3.05) is 12.4 Å². The summed E-state index contributed by atoms with van der Waals surface area (Å²) in [5, 5.41) is 11.3. The first-order valence-corrected chi connectivity index (χ1v) is 7.97. The molecule has 0 amide bonds. The van der Waals surface area contributed by atoms with Crippen molar-refractivity contribution >= 4 is 21.2 Å². The zero-order chi connectivity index (χ0) is 11.6. The molecule has 0 spiro atoms. The third-order valence-corrected chi connectivity index (χ3v) is 6.03. The minimum absolute atomic E-state index is 0.0882. The standard InChI is InChI=1S/C10H15NO3S2/c12-4-3-8-7-15-10(11-8)6-9-2-1-5-16(9,13)14/h7,9,12H,1-6H2. The van der Waals surface area contributed by atoms with E-state index in [0.29, 0.717) is 18.6 Å². The minimum atomic E-state index is -2.87. The van der Waals surface area contributed by atoms with Crippen LogP contribution in [-0.2, 0) is 22.7 Å². The van der Waals surface area contributed by atoms with E-state index in [1.807, 2.05) is 5.38 Å². The summed E-state index contributed by atoms with van der Waals surface area (Å²) in [5.41, 5.74) is 0.859. The summed E-state index contributed by atoms with van der Waals surface area (Å²) in [5.74, 6) is 0.326. The van der Waals surface area contributed by atoms with E-state index in [2.05, 4.69) is 4.98 Å². The molecule has 0 saturated carbocycles. The lowest BCUT2D eigenvalue weighted by atomic mass is 10.2. The molecule has 4 nitrogen and oxygen atoms in total. The molecule has 0 aromatic carbocycles. The molecule has 6 heteroatoms. The van der Waals surface area contributed by atoms with Crippen molar-refractivity contribution in [1.82, 2.24) is 4.98 Å². The summed E-state index contributed by atoms with van der Waals surface area (Å²) in [4.78, 5) is 4.32. The number of sulfone groups is 1. The summed E-state index contributed by atoms with van der Waals surface area (Å²) < 4.78 is 23.3. The largest absolute Gasteiger partial charge is 0.396 e. The minimum Gasteiger partial charge on any atom is -0.396 e. The molecule has 0 aliphatic carbocycles. The van der Waals surface area contributed by atoms with Gasteiger partial charge in [0.15, 0.2) is 9.84 Å². The Morgan fingerprint density at radius 2 is 2.38 bits per heavy atom. The number of nitrogens with zero attached hydrogens (tertiary/aromatic N) is 1. The second-order valence-electron chi connectivity index (χ2n) is 4.04. The van der Waals surface area contributed by atoms with Crippen molar-refractivity contribution < 1.29 is 13.5 Å². The van der Waals surface area contributed by atoms with E-state index in [4.69, 9.17) is 5.11 Å². The van der Waals surface area contributed by atoms with E-state index in [-0.39, 0.29) is 11.9 Å². The molecule has 1 aromatic rings. The predicted molar refractivity (Wildman–Crippen MR) is 63.4 cm³/mol. The van der Waals surface area contributed by atoms with Gasteiger partial charge in [0.2, 0.25) is 0 Å². The average Bonchev–Trinajstić information content (AvgIpc) is 2.76. The van der Waals surface area contributed by atoms with Crippen LogP contribution in [0.25, 0.3) is 0 Å². The molecular weight excluding hydrogens is 246 g/mol. The molecule has 1 aliphatic heterocycles. The van der Waals surface area contributed by atoms with Gasteiger partial charge in [0.1, 0.15) is 0 Å². The molecule has 1 atom stereocenters. The first-order chi connectivity index (χ1) is 7.62. The molecule has 16 heavy (non-hydrogen) atoms. The SMILES string of the molecule is O=S1(=O)CCCC1Cc1nc(CCO)cs1. The highest BCUT2D eigenvalue weighted by Crippen LogP contribution is 2.24. The summed E-state index contributed by atoms with van der Waals surface area (Å²) in [7, 11) is -2.87. The Morgan fingerprint density at radius 1 is 1.56 bits per heavy atom. The van der Waals surface area contributed by atoms with Crippen LogP contribution in [0.5, 0.6) is 0 Å². The van der Waals surface area contributed by atoms with Crippen molar-refractivity contribution in [3.05, 3.63) is 16.1 Å². The maximum Gasteiger partial charge on any atom is 0.153 e. The maximum atomic E-state index is 11.6. The molecule has 1 aromatic heterocycles. The predicted octanol–water partition coefficient (Wildman–Crippen LogP) is 0.798. The highest BCUT2D eigenvalue weighted by molar-refractivity contribution is 7.92. The van der Waals surface area contributed by atoms with Gasteiger partial charge in [-0.05, 0) is 12.8 Å². The third kappa shape index (κ3) is 2.61. The van der Waals surface area contributed by atoms with Crippen molar-refractivity contribution in [1.29, 1.82) is 0 Å². The van der Waals surface area contributed by atoms with E-state index < -0.39 is 9.84 Å². The van der Waals surface area contributed by atoms with Crippen LogP contribution in [0.1, 0.15) is 23.5 Å². The summed E-state index contributed by atoms with van der Waals surface area (Å²) in [6, 6.07) is 0. The zero-order valence-corrected chi connectivity index (χ0v) is 10.6. The van der Waals surface area contributed by atoms with E-state index in [1.165, 1.54) is 11.3 Å². The van der Waals surface area contributed by atoms with Gasteiger partial charge >= 0.3 is 0 Å². The Balaban J connectivity index is 2.03. The lowest BCUT2D eigenvalue weighted by Gasteiger charge is -2.05. The smallest absolute Gasteiger partial charge is 0.153 e. The molecule has 2 heterocycles. The molecule has 2 rings (SSSR count). The van der Waals surface area contributed by atoms with Gasteiger partial charge < -0.3 is 5.11 Å². The fourth-order valence-corrected chi connectivity index (χ4v) is 4.81. The quantitative estimate of drug-likeness (QED) is 0.870. The van der Waals surface area contributed by atoms with Crippen LogP contribution in [0.2, 0.25) is 0 Å². The topological polar surface area (TPSA) is 67.3 Å². The Kier molecular flexibility index (Phi) is 3.61. The highest BCUT2D eigenvalue weighted by atomic mass is 32.2. The number of aliphatic hydroxyl groups is 1. The van der Waals surface area contributed by atoms with Gasteiger partial charge in [-0.1, -0.05) is 0 Å². The number of thiazole rings is 1. The van der Waals surface area contributed by atoms with Crippen molar-refractivity contribution in [3.63, 3.8) is 0 Å². The van der Waals surface area contributed by atoms with Crippen LogP contribution in [0, 0.1) is 0 Å². The fraction of sp³-hybridized carbons (Fsp3) is 0.700. The monoisotopic (exact) mass is 261 g/mol. The van der Waals surface area contributed by atoms with Crippen molar-refractivity contribution in [2.45, 2.75) is 30.9 Å². The van der Waals surface area contributed by atoms with E-state index in [1.54, 1.807) is 0 Å². The third-order valence-electron chi connectivity index (χ3n) is 2.83. The van der Waals surface area contributed by atoms with Gasteiger partial charge in [-0.15, -0.1) is 11.3 Å². The van der Waals surface area contributed by atoms with E-state index in [0.717, 1.165) is 23.5 Å². The van der Waals surface area contributed by atoms with E-state index in [9.17, 15) is 8.42 Å². The second-order valence-corrected chi connectivity index (χ2v) is 7.38. The normalized spacial score (nSPS) is 23.7. The average molecular weight is 261 g/mol. The van der Waals surface area contributed by atoms with Crippen molar-refractivity contribution in [2.24, 2.45) is 0 Å². The van der Waals surface area contributed by atoms with Crippen LogP contribution >= 0.6 is 11.3 Å². The van der Waals surface area contributed by atoms with Crippen LogP contribution in [0.15, 0.2) is 5.38 Å². The lowest BCUT2D eigenvalue weighted by molar-refractivity contribution is 0.298. The molecular formula is C10H15NO3S2. The maximum absolute atomic E-state index is 11.6. The summed E-state index contributed by atoms with van der Waals surface area (Å²) >= 11 is 1.49. The molecule has 1 N–H and O–H groups in total. The Labute approximate surface area is 99.3 Å². The van der Waals surface area contributed by atoms with Gasteiger partial charge in [0, 0.05) is 24.8 Å². The molecule has 0 bridgehead atoms. The van der Waals surface area contributed by atoms with Gasteiger partial charge in [0.25, 0.3) is 0 Å². The lowest BCUT2D eigenvalue weighted by Crippen LogP contribution is -2.18. The Morgan fingerprint density at radius 3 is 3.00 bits per heavy atom. The number of hydrogen-bond acceptors (Lipinski definition) is 5. The van der Waals surface area contributed by atoms with Crippen molar-refractivity contribution in [3.8, 4) is 0 Å². The van der Waals surface area contributed by atoms with Gasteiger partial charge in [-0.25, -0.2) is 13.4 Å². The molecule has 0 radical (unpaired) electrons. The highest BCUT2D eigenvalue weighted by Gasteiger charge is 2.31. The first kappa shape index (κ1) is 12.0. The summed E-state index contributed by atoms with van der Waals surface area (Å²) in [6.07, 6.45) is 2.63. The molecule has 1 fully saturated rings. The fourth-order valence-electron chi connectivity index (χ4n) is 1.95. The molecule has 1 aliphatic rings. The second kappa shape index (κ2) is 4.81. The number of rotatable bonds is 4. The van der Waals surface area contributed by atoms with Crippen LogP contribution < -0.4 is 0 Å². The summed E-state index contributed by atoms with van der Waals surface area (Å²) in [6.45, 7) is 0.0882. The first-order valence-electron chi connectivity index (χ1n) is 5.37.